The molecule has 198 valence electrons. The fraction of sp³-hybridized carbons (Fsp3) is 0.387. The Balaban J connectivity index is 1.19. The summed E-state index contributed by atoms with van der Waals surface area (Å²) in [4.78, 5) is 23.0. The van der Waals surface area contributed by atoms with Gasteiger partial charge in [0.25, 0.3) is 5.91 Å². The molecule has 7 heteroatoms. The van der Waals surface area contributed by atoms with Crippen LogP contribution in [0.2, 0.25) is 0 Å². The lowest BCUT2D eigenvalue weighted by Crippen LogP contribution is -2.47. The molecule has 0 spiro atoms. The first-order valence-corrected chi connectivity index (χ1v) is 13.6. The second-order valence-electron chi connectivity index (χ2n) is 10.6. The van der Waals surface area contributed by atoms with E-state index in [9.17, 15) is 4.79 Å². The number of rotatable bonds is 7. The molecule has 0 atom stereocenters. The SMILES string of the molecule is Cc1ccc(-n2nc(C)c3c(C(=O)NCCCN4CCN(c5cc(C)ccc5C)CC4)cc(C)nc32)cc1. The van der Waals surface area contributed by atoms with Crippen LogP contribution in [-0.4, -0.2) is 64.8 Å². The summed E-state index contributed by atoms with van der Waals surface area (Å²) in [6.07, 6.45) is 0.921. The van der Waals surface area contributed by atoms with Crippen LogP contribution in [0.4, 0.5) is 5.69 Å². The maximum atomic E-state index is 13.3. The van der Waals surface area contributed by atoms with Crippen LogP contribution in [0.25, 0.3) is 16.7 Å². The number of carbonyl (C=O) groups excluding carboxylic acids is 1. The van der Waals surface area contributed by atoms with Crippen molar-refractivity contribution in [3.63, 3.8) is 0 Å². The standard InChI is InChI=1S/C31H38N6O/c1-21-8-11-26(12-9-21)37-30-29(25(5)34-37)27(20-24(4)33-30)31(38)32-13-6-14-35-15-17-36(18-16-35)28-19-22(2)7-10-23(28)3/h7-12,19-20H,6,13-18H2,1-5H3,(H,32,38). The predicted molar refractivity (Wildman–Crippen MR) is 155 cm³/mol. The molecule has 7 nitrogen and oxygen atoms in total. The van der Waals surface area contributed by atoms with Crippen molar-refractivity contribution in [2.75, 3.05) is 44.2 Å². The van der Waals surface area contributed by atoms with E-state index in [4.69, 9.17) is 10.1 Å². The molecule has 1 amide bonds. The number of aryl methyl sites for hydroxylation is 5. The number of carbonyl (C=O) groups is 1. The van der Waals surface area contributed by atoms with Crippen molar-refractivity contribution in [2.24, 2.45) is 0 Å². The number of aromatic nitrogens is 3. The van der Waals surface area contributed by atoms with Gasteiger partial charge in [0.15, 0.2) is 5.65 Å². The summed E-state index contributed by atoms with van der Waals surface area (Å²) in [5.41, 5.74) is 9.11. The zero-order chi connectivity index (χ0) is 26.8. The van der Waals surface area contributed by atoms with Gasteiger partial charge in [-0.15, -0.1) is 0 Å². The largest absolute Gasteiger partial charge is 0.369 e. The van der Waals surface area contributed by atoms with E-state index in [2.05, 4.69) is 66.2 Å². The van der Waals surface area contributed by atoms with Crippen LogP contribution in [0.3, 0.4) is 0 Å². The lowest BCUT2D eigenvalue weighted by molar-refractivity contribution is 0.0953. The Morgan fingerprint density at radius 1 is 0.895 bits per heavy atom. The highest BCUT2D eigenvalue weighted by Crippen LogP contribution is 2.25. The van der Waals surface area contributed by atoms with Crippen LogP contribution in [0.15, 0.2) is 48.5 Å². The smallest absolute Gasteiger partial charge is 0.252 e. The van der Waals surface area contributed by atoms with Crippen LogP contribution >= 0.6 is 0 Å². The first-order valence-electron chi connectivity index (χ1n) is 13.6. The minimum atomic E-state index is -0.0631. The van der Waals surface area contributed by atoms with Crippen molar-refractivity contribution in [1.82, 2.24) is 25.0 Å². The zero-order valence-electron chi connectivity index (χ0n) is 23.2. The van der Waals surface area contributed by atoms with E-state index in [1.807, 2.05) is 36.7 Å². The van der Waals surface area contributed by atoms with Crippen LogP contribution in [-0.2, 0) is 0 Å². The maximum absolute atomic E-state index is 13.3. The number of nitrogens with one attached hydrogen (secondary N) is 1. The molecule has 38 heavy (non-hydrogen) atoms. The van der Waals surface area contributed by atoms with Gasteiger partial charge >= 0.3 is 0 Å². The van der Waals surface area contributed by atoms with Gasteiger partial charge in [0.05, 0.1) is 22.3 Å². The summed E-state index contributed by atoms with van der Waals surface area (Å²) in [6, 6.07) is 16.8. The minimum Gasteiger partial charge on any atom is -0.369 e. The Morgan fingerprint density at radius 2 is 1.61 bits per heavy atom. The molecule has 1 fully saturated rings. The summed E-state index contributed by atoms with van der Waals surface area (Å²) in [6.45, 7) is 16.1. The molecule has 1 aliphatic rings. The summed E-state index contributed by atoms with van der Waals surface area (Å²) in [5, 5.41) is 8.70. The van der Waals surface area contributed by atoms with E-state index in [0.29, 0.717) is 12.1 Å². The third-order valence-corrected chi connectivity index (χ3v) is 7.48. The molecule has 2 aromatic heterocycles. The molecule has 0 aliphatic carbocycles. The van der Waals surface area contributed by atoms with E-state index in [-0.39, 0.29) is 5.91 Å². The van der Waals surface area contributed by atoms with Gasteiger partial charge in [-0.2, -0.15) is 5.10 Å². The molecule has 2 aromatic carbocycles. The van der Waals surface area contributed by atoms with E-state index >= 15 is 0 Å². The van der Waals surface area contributed by atoms with Gasteiger partial charge in [0, 0.05) is 44.1 Å². The molecule has 4 aromatic rings. The molecule has 1 aliphatic heterocycles. The Bertz CT molecular complexity index is 1450. The topological polar surface area (TPSA) is 66.3 Å². The Morgan fingerprint density at radius 3 is 2.34 bits per heavy atom. The molecule has 5 rings (SSSR count). The van der Waals surface area contributed by atoms with Gasteiger partial charge in [-0.1, -0.05) is 29.8 Å². The number of hydrogen-bond donors (Lipinski definition) is 1. The van der Waals surface area contributed by atoms with Crippen molar-refractivity contribution < 1.29 is 4.79 Å². The molecule has 0 radical (unpaired) electrons. The Kier molecular flexibility index (Phi) is 7.47. The minimum absolute atomic E-state index is 0.0631. The first kappa shape index (κ1) is 25.9. The van der Waals surface area contributed by atoms with Crippen molar-refractivity contribution in [3.8, 4) is 5.69 Å². The van der Waals surface area contributed by atoms with Gasteiger partial charge in [-0.05, 0) is 83.0 Å². The number of nitrogens with zero attached hydrogens (tertiary/aromatic N) is 5. The van der Waals surface area contributed by atoms with Gasteiger partial charge in [0.1, 0.15) is 0 Å². The molecule has 0 bridgehead atoms. The Labute approximate surface area is 225 Å². The summed E-state index contributed by atoms with van der Waals surface area (Å²) in [7, 11) is 0. The number of piperazine rings is 1. The van der Waals surface area contributed by atoms with Crippen LogP contribution in [0.1, 0.15) is 44.9 Å². The number of fused-ring (bicyclic) bond motifs is 1. The highest BCUT2D eigenvalue weighted by atomic mass is 16.1. The van der Waals surface area contributed by atoms with Gasteiger partial charge in [-0.3, -0.25) is 9.69 Å². The molecule has 1 N–H and O–H groups in total. The second-order valence-corrected chi connectivity index (χ2v) is 10.6. The van der Waals surface area contributed by atoms with Crippen molar-refractivity contribution in [2.45, 2.75) is 41.0 Å². The van der Waals surface area contributed by atoms with E-state index in [1.54, 1.807) is 0 Å². The third-order valence-electron chi connectivity index (χ3n) is 7.48. The van der Waals surface area contributed by atoms with E-state index < -0.39 is 0 Å². The maximum Gasteiger partial charge on any atom is 0.252 e. The van der Waals surface area contributed by atoms with Gasteiger partial charge in [-0.25, -0.2) is 9.67 Å². The summed E-state index contributed by atoms with van der Waals surface area (Å²) < 4.78 is 1.84. The molecular formula is C31H38N6O. The van der Waals surface area contributed by atoms with E-state index in [1.165, 1.54) is 22.4 Å². The molecule has 0 saturated carbocycles. The lowest BCUT2D eigenvalue weighted by Gasteiger charge is -2.37. The summed E-state index contributed by atoms with van der Waals surface area (Å²) >= 11 is 0. The van der Waals surface area contributed by atoms with Crippen molar-refractivity contribution >= 4 is 22.6 Å². The lowest BCUT2D eigenvalue weighted by atomic mass is 10.1. The zero-order valence-corrected chi connectivity index (χ0v) is 23.2. The van der Waals surface area contributed by atoms with Crippen LogP contribution < -0.4 is 10.2 Å². The highest BCUT2D eigenvalue weighted by molar-refractivity contribution is 6.06. The molecular weight excluding hydrogens is 472 g/mol. The molecule has 3 heterocycles. The van der Waals surface area contributed by atoms with Gasteiger partial charge in [0.2, 0.25) is 0 Å². The van der Waals surface area contributed by atoms with E-state index in [0.717, 1.165) is 67.3 Å². The monoisotopic (exact) mass is 510 g/mol. The third kappa shape index (κ3) is 5.43. The number of pyridine rings is 1. The summed E-state index contributed by atoms with van der Waals surface area (Å²) in [5.74, 6) is -0.0631. The average molecular weight is 511 g/mol. The molecule has 1 saturated heterocycles. The average Bonchev–Trinajstić information content (AvgIpc) is 3.24. The number of amides is 1. The number of benzene rings is 2. The molecule has 0 unspecified atom stereocenters. The van der Waals surface area contributed by atoms with Crippen molar-refractivity contribution in [1.29, 1.82) is 0 Å². The van der Waals surface area contributed by atoms with Crippen molar-refractivity contribution in [3.05, 3.63) is 82.2 Å². The Hall–Kier alpha value is -3.71. The number of hydrogen-bond acceptors (Lipinski definition) is 5. The predicted octanol–water partition coefficient (Wildman–Crippen LogP) is 4.90. The van der Waals surface area contributed by atoms with Crippen LogP contribution in [0.5, 0.6) is 0 Å². The van der Waals surface area contributed by atoms with Crippen LogP contribution in [0, 0.1) is 34.6 Å². The number of anilines is 1. The first-order chi connectivity index (χ1) is 18.3. The highest BCUT2D eigenvalue weighted by Gasteiger charge is 2.21. The fourth-order valence-corrected chi connectivity index (χ4v) is 5.33. The second kappa shape index (κ2) is 11.0. The van der Waals surface area contributed by atoms with Gasteiger partial charge < -0.3 is 10.2 Å². The normalized spacial score (nSPS) is 14.3. The fourth-order valence-electron chi connectivity index (χ4n) is 5.33. The quantitative estimate of drug-likeness (QED) is 0.358.